The highest BCUT2D eigenvalue weighted by Gasteiger charge is 2.50. The normalized spacial score (nSPS) is 14.2. The van der Waals surface area contributed by atoms with Crippen LogP contribution in [0.1, 0.15) is 29.5 Å². The molecule has 0 atom stereocenters. The molecule has 2 aromatic carbocycles. The van der Waals surface area contributed by atoms with Crippen molar-refractivity contribution in [2.24, 2.45) is 0 Å². The van der Waals surface area contributed by atoms with E-state index in [0.717, 1.165) is 11.6 Å². The quantitative estimate of drug-likeness (QED) is 0.467. The summed E-state index contributed by atoms with van der Waals surface area (Å²) < 4.78 is 39.5. The van der Waals surface area contributed by atoms with Crippen molar-refractivity contribution in [3.63, 3.8) is 0 Å². The molecule has 1 aliphatic rings. The topological polar surface area (TPSA) is 96.0 Å². The van der Waals surface area contributed by atoms with E-state index in [1.54, 1.807) is 36.7 Å². The first-order valence-electron chi connectivity index (χ1n) is 10.6. The standard InChI is InChI=1S/C24H22F3N5O2/c25-24(26,27)19-3-1-2-4-20(19)31-18-7-5-16(6-8-18)14-30-22(34)23(9-10-23)32-21(33)11-17-12-28-15-29-13-17/h1-8,12-13,15,31H,9-11,14H2,(H,30,34)(H,32,33). The van der Waals surface area contributed by atoms with Gasteiger partial charge in [-0.2, -0.15) is 13.2 Å². The zero-order valence-electron chi connectivity index (χ0n) is 18.0. The van der Waals surface area contributed by atoms with Gasteiger partial charge in [-0.05, 0) is 48.2 Å². The molecule has 10 heteroatoms. The summed E-state index contributed by atoms with van der Waals surface area (Å²) in [5, 5.41) is 8.40. The third-order valence-corrected chi connectivity index (χ3v) is 5.46. The number of amides is 2. The zero-order chi connectivity index (χ0) is 24.2. The summed E-state index contributed by atoms with van der Waals surface area (Å²) in [6, 6.07) is 12.0. The number of nitrogens with zero attached hydrogens (tertiary/aromatic N) is 2. The van der Waals surface area contributed by atoms with E-state index < -0.39 is 17.3 Å². The Kier molecular flexibility index (Phi) is 6.49. The number of benzene rings is 2. The smallest absolute Gasteiger partial charge is 0.355 e. The summed E-state index contributed by atoms with van der Waals surface area (Å²) >= 11 is 0. The van der Waals surface area contributed by atoms with E-state index in [9.17, 15) is 22.8 Å². The van der Waals surface area contributed by atoms with Gasteiger partial charge in [-0.1, -0.05) is 24.3 Å². The van der Waals surface area contributed by atoms with Crippen LogP contribution in [0.5, 0.6) is 0 Å². The number of alkyl halides is 3. The second-order valence-corrected chi connectivity index (χ2v) is 8.10. The Morgan fingerprint density at radius 1 is 0.941 bits per heavy atom. The zero-order valence-corrected chi connectivity index (χ0v) is 18.0. The molecule has 3 N–H and O–H groups in total. The lowest BCUT2D eigenvalue weighted by Crippen LogP contribution is -2.49. The molecule has 0 spiro atoms. The Balaban J connectivity index is 1.30. The molecular weight excluding hydrogens is 447 g/mol. The number of nitrogens with one attached hydrogen (secondary N) is 3. The molecule has 1 heterocycles. The van der Waals surface area contributed by atoms with Crippen LogP contribution in [0.15, 0.2) is 67.3 Å². The summed E-state index contributed by atoms with van der Waals surface area (Å²) in [4.78, 5) is 32.7. The molecule has 1 fully saturated rings. The summed E-state index contributed by atoms with van der Waals surface area (Å²) in [5.74, 6) is -0.552. The molecule has 0 unspecified atom stereocenters. The number of hydrogen-bond acceptors (Lipinski definition) is 5. The number of aromatic nitrogens is 2. The predicted octanol–water partition coefficient (Wildman–Crippen LogP) is 3.75. The lowest BCUT2D eigenvalue weighted by molar-refractivity contribution is -0.137. The van der Waals surface area contributed by atoms with Crippen molar-refractivity contribution in [2.75, 3.05) is 5.32 Å². The van der Waals surface area contributed by atoms with Crippen molar-refractivity contribution >= 4 is 23.2 Å². The molecule has 0 aliphatic heterocycles. The predicted molar refractivity (Wildman–Crippen MR) is 119 cm³/mol. The SMILES string of the molecule is O=C(Cc1cncnc1)NC1(C(=O)NCc2ccc(Nc3ccccc3C(F)(F)F)cc2)CC1. The van der Waals surface area contributed by atoms with Crippen LogP contribution in [-0.2, 0) is 28.7 Å². The average Bonchev–Trinajstić information content (AvgIpc) is 3.59. The lowest BCUT2D eigenvalue weighted by Gasteiger charge is -2.17. The first-order valence-corrected chi connectivity index (χ1v) is 10.6. The van der Waals surface area contributed by atoms with E-state index in [2.05, 4.69) is 25.9 Å². The van der Waals surface area contributed by atoms with Crippen LogP contribution in [0.3, 0.4) is 0 Å². The van der Waals surface area contributed by atoms with Crippen LogP contribution in [0, 0.1) is 0 Å². The first-order chi connectivity index (χ1) is 16.2. The summed E-state index contributed by atoms with van der Waals surface area (Å²) in [5.41, 5.74) is 0.222. The van der Waals surface area contributed by atoms with Crippen LogP contribution in [-0.4, -0.2) is 27.3 Å². The van der Waals surface area contributed by atoms with Gasteiger partial charge in [0.1, 0.15) is 11.9 Å². The fraction of sp³-hybridized carbons (Fsp3) is 0.250. The molecule has 3 aromatic rings. The molecule has 4 rings (SSSR count). The van der Waals surface area contributed by atoms with Gasteiger partial charge in [0.05, 0.1) is 17.7 Å². The third kappa shape index (κ3) is 5.69. The first kappa shape index (κ1) is 23.2. The number of rotatable bonds is 8. The van der Waals surface area contributed by atoms with Gasteiger partial charge >= 0.3 is 6.18 Å². The van der Waals surface area contributed by atoms with E-state index in [4.69, 9.17) is 0 Å². The average molecular weight is 469 g/mol. The highest BCUT2D eigenvalue weighted by molar-refractivity contribution is 5.94. The second-order valence-electron chi connectivity index (χ2n) is 8.10. The maximum absolute atomic E-state index is 13.2. The maximum atomic E-state index is 13.2. The van der Waals surface area contributed by atoms with Crippen molar-refractivity contribution < 1.29 is 22.8 Å². The molecular formula is C24H22F3N5O2. The van der Waals surface area contributed by atoms with Gasteiger partial charge in [-0.25, -0.2) is 9.97 Å². The minimum atomic E-state index is -4.46. The molecule has 2 amide bonds. The lowest BCUT2D eigenvalue weighted by atomic mass is 10.1. The highest BCUT2D eigenvalue weighted by atomic mass is 19.4. The summed E-state index contributed by atoms with van der Waals surface area (Å²) in [6.07, 6.45) is 1.20. The van der Waals surface area contributed by atoms with E-state index in [-0.39, 0.29) is 30.5 Å². The number of hydrogen-bond donors (Lipinski definition) is 3. The maximum Gasteiger partial charge on any atom is 0.418 e. The molecule has 0 saturated heterocycles. The number of carbonyl (C=O) groups is 2. The van der Waals surface area contributed by atoms with Crippen molar-refractivity contribution in [2.45, 2.75) is 37.5 Å². The monoisotopic (exact) mass is 469 g/mol. The number of anilines is 2. The highest BCUT2D eigenvalue weighted by Crippen LogP contribution is 2.36. The Labute approximate surface area is 193 Å². The van der Waals surface area contributed by atoms with Crippen LogP contribution < -0.4 is 16.0 Å². The summed E-state index contributed by atoms with van der Waals surface area (Å²) in [7, 11) is 0. The number of para-hydroxylation sites is 1. The van der Waals surface area contributed by atoms with E-state index in [1.165, 1.54) is 24.5 Å². The van der Waals surface area contributed by atoms with Crippen LogP contribution in [0.2, 0.25) is 0 Å². The largest absolute Gasteiger partial charge is 0.418 e. The van der Waals surface area contributed by atoms with Crippen molar-refractivity contribution in [3.05, 3.63) is 83.9 Å². The van der Waals surface area contributed by atoms with Crippen LogP contribution >= 0.6 is 0 Å². The number of carbonyl (C=O) groups excluding carboxylic acids is 2. The van der Waals surface area contributed by atoms with Gasteiger partial charge < -0.3 is 16.0 Å². The molecule has 7 nitrogen and oxygen atoms in total. The van der Waals surface area contributed by atoms with Crippen LogP contribution in [0.4, 0.5) is 24.5 Å². The van der Waals surface area contributed by atoms with Gasteiger partial charge in [-0.3, -0.25) is 9.59 Å². The Hall–Kier alpha value is -3.95. The number of halogens is 3. The molecule has 176 valence electrons. The van der Waals surface area contributed by atoms with Crippen LogP contribution in [0.25, 0.3) is 0 Å². The molecule has 34 heavy (non-hydrogen) atoms. The van der Waals surface area contributed by atoms with Gasteiger partial charge in [0.15, 0.2) is 0 Å². The van der Waals surface area contributed by atoms with Crippen molar-refractivity contribution in [3.8, 4) is 0 Å². The Bertz CT molecular complexity index is 1160. The third-order valence-electron chi connectivity index (χ3n) is 5.46. The van der Waals surface area contributed by atoms with Crippen molar-refractivity contribution in [1.29, 1.82) is 0 Å². The van der Waals surface area contributed by atoms with Gasteiger partial charge in [-0.15, -0.1) is 0 Å². The second kappa shape index (κ2) is 9.50. The molecule has 1 aliphatic carbocycles. The van der Waals surface area contributed by atoms with Gasteiger partial charge in [0.2, 0.25) is 11.8 Å². The van der Waals surface area contributed by atoms with E-state index >= 15 is 0 Å². The van der Waals surface area contributed by atoms with Gasteiger partial charge in [0, 0.05) is 24.6 Å². The molecule has 0 bridgehead atoms. The van der Waals surface area contributed by atoms with Crippen molar-refractivity contribution in [1.82, 2.24) is 20.6 Å². The molecule has 0 radical (unpaired) electrons. The minimum Gasteiger partial charge on any atom is -0.355 e. The molecule has 1 aromatic heterocycles. The fourth-order valence-electron chi connectivity index (χ4n) is 3.50. The van der Waals surface area contributed by atoms with E-state index in [0.29, 0.717) is 24.1 Å². The van der Waals surface area contributed by atoms with E-state index in [1.807, 2.05) is 0 Å². The Morgan fingerprint density at radius 2 is 1.62 bits per heavy atom. The minimum absolute atomic E-state index is 0.0375. The Morgan fingerprint density at radius 3 is 2.26 bits per heavy atom. The van der Waals surface area contributed by atoms with Gasteiger partial charge in [0.25, 0.3) is 0 Å². The summed E-state index contributed by atoms with van der Waals surface area (Å²) in [6.45, 7) is 0.225. The fourth-order valence-corrected chi connectivity index (χ4v) is 3.50. The molecule has 1 saturated carbocycles.